The van der Waals surface area contributed by atoms with Crippen molar-refractivity contribution in [2.45, 2.75) is 26.8 Å². The van der Waals surface area contributed by atoms with Crippen LogP contribution in [0.5, 0.6) is 5.75 Å². The summed E-state index contributed by atoms with van der Waals surface area (Å²) in [6, 6.07) is 7.96. The molecule has 0 aliphatic carbocycles. The molecule has 0 fully saturated rings. The van der Waals surface area contributed by atoms with Gasteiger partial charge in [-0.05, 0) is 53.6 Å². The molecule has 1 aliphatic heterocycles. The molecule has 0 bridgehead atoms. The van der Waals surface area contributed by atoms with Crippen LogP contribution in [0.4, 0.5) is 4.39 Å². The molecule has 1 aromatic rings. The fourth-order valence-corrected chi connectivity index (χ4v) is 3.43. The summed E-state index contributed by atoms with van der Waals surface area (Å²) in [6.45, 7) is 4.24. The number of nitrogens with zero attached hydrogens (tertiary/aromatic N) is 2. The summed E-state index contributed by atoms with van der Waals surface area (Å²) in [5, 5.41) is 0. The van der Waals surface area contributed by atoms with E-state index < -0.39 is 0 Å². The second-order valence-electron chi connectivity index (χ2n) is 5.15. The average molecular weight is 414 g/mol. The maximum Gasteiger partial charge on any atom is 0.118 e. The lowest BCUT2D eigenvalue weighted by Gasteiger charge is -2.20. The van der Waals surface area contributed by atoms with Crippen LogP contribution in [0, 0.1) is 5.92 Å². The monoisotopic (exact) mass is 414 g/mol. The Bertz CT molecular complexity index is 604. The van der Waals surface area contributed by atoms with E-state index in [1.54, 1.807) is 7.11 Å². The highest BCUT2D eigenvalue weighted by Gasteiger charge is 2.28. The molecule has 0 saturated carbocycles. The van der Waals surface area contributed by atoms with Crippen molar-refractivity contribution in [3.8, 4) is 5.75 Å². The molecule has 118 valence electrons. The van der Waals surface area contributed by atoms with Crippen molar-refractivity contribution in [2.75, 3.05) is 7.11 Å². The molecule has 0 radical (unpaired) electrons. The molecular weight excluding hydrogens is 394 g/mol. The van der Waals surface area contributed by atoms with Gasteiger partial charge in [-0.2, -0.15) is 0 Å². The Labute approximate surface area is 144 Å². The van der Waals surface area contributed by atoms with Gasteiger partial charge in [-0.25, -0.2) is 9.38 Å². The van der Waals surface area contributed by atoms with Gasteiger partial charge in [-0.1, -0.05) is 19.1 Å². The van der Waals surface area contributed by atoms with Crippen molar-refractivity contribution in [3.05, 3.63) is 51.6 Å². The summed E-state index contributed by atoms with van der Waals surface area (Å²) in [6.07, 6.45) is 4.34. The molecule has 0 N–H and O–H groups in total. The van der Waals surface area contributed by atoms with Gasteiger partial charge in [0, 0.05) is 22.2 Å². The van der Waals surface area contributed by atoms with Crippen LogP contribution in [0.25, 0.3) is 0 Å². The minimum absolute atomic E-state index is 0.245. The molecule has 0 amide bonds. The number of hydrogen-bond acceptors (Lipinski definition) is 2. The predicted molar refractivity (Wildman–Crippen MR) is 96.7 cm³/mol. The minimum Gasteiger partial charge on any atom is -0.497 e. The zero-order valence-electron chi connectivity index (χ0n) is 13.0. The number of benzene rings is 1. The van der Waals surface area contributed by atoms with Crippen LogP contribution in [-0.4, -0.2) is 17.8 Å². The lowest BCUT2D eigenvalue weighted by atomic mass is 10.1. The molecule has 1 aromatic carbocycles. The largest absolute Gasteiger partial charge is 0.497 e. The Morgan fingerprint density at radius 1 is 1.41 bits per heavy atom. The van der Waals surface area contributed by atoms with Gasteiger partial charge in [0.2, 0.25) is 0 Å². The predicted octanol–water partition coefficient (Wildman–Crippen LogP) is 5.04. The van der Waals surface area contributed by atoms with E-state index in [4.69, 9.17) is 4.74 Å². The van der Waals surface area contributed by atoms with Gasteiger partial charge in [0.1, 0.15) is 17.4 Å². The van der Waals surface area contributed by atoms with E-state index in [1.807, 2.05) is 24.3 Å². The summed E-state index contributed by atoms with van der Waals surface area (Å²) in [5.74, 6) is 1.70. The molecule has 0 spiro atoms. The third-order valence-electron chi connectivity index (χ3n) is 3.51. The van der Waals surface area contributed by atoms with Crippen molar-refractivity contribution in [1.82, 2.24) is 4.90 Å². The summed E-state index contributed by atoms with van der Waals surface area (Å²) in [7, 11) is 1.66. The first-order valence-electron chi connectivity index (χ1n) is 7.22. The zero-order valence-corrected chi connectivity index (χ0v) is 15.2. The average Bonchev–Trinajstić information content (AvgIpc) is 2.80. The van der Waals surface area contributed by atoms with E-state index >= 15 is 0 Å². The van der Waals surface area contributed by atoms with Crippen LogP contribution >= 0.6 is 22.6 Å². The van der Waals surface area contributed by atoms with Crippen LogP contribution < -0.4 is 4.74 Å². The number of rotatable bonds is 5. The van der Waals surface area contributed by atoms with E-state index in [2.05, 4.69) is 45.6 Å². The van der Waals surface area contributed by atoms with Gasteiger partial charge >= 0.3 is 0 Å². The van der Waals surface area contributed by atoms with E-state index in [0.29, 0.717) is 6.54 Å². The Balaban J connectivity index is 2.22. The van der Waals surface area contributed by atoms with Crippen LogP contribution in [0.1, 0.15) is 25.8 Å². The molecule has 5 heteroatoms. The SMILES string of the molecule is CCC1C(I)=CN(Cc2ccc(OC)cc2)C1=N/C=C(\C)F. The second kappa shape index (κ2) is 7.76. The topological polar surface area (TPSA) is 24.8 Å². The molecule has 1 unspecified atom stereocenters. The van der Waals surface area contributed by atoms with Crippen molar-refractivity contribution in [2.24, 2.45) is 10.9 Å². The van der Waals surface area contributed by atoms with Crippen molar-refractivity contribution < 1.29 is 9.13 Å². The highest BCUT2D eigenvalue weighted by molar-refractivity contribution is 14.1. The quantitative estimate of drug-likeness (QED) is 0.631. The molecule has 1 heterocycles. The van der Waals surface area contributed by atoms with Crippen molar-refractivity contribution in [3.63, 3.8) is 0 Å². The number of hydrogen-bond donors (Lipinski definition) is 0. The van der Waals surface area contributed by atoms with Crippen LogP contribution in [0.15, 0.2) is 51.1 Å². The number of halogens is 2. The van der Waals surface area contributed by atoms with Crippen LogP contribution in [-0.2, 0) is 6.54 Å². The molecule has 0 aromatic heterocycles. The fraction of sp³-hybridized carbons (Fsp3) is 0.353. The molecule has 3 nitrogen and oxygen atoms in total. The number of allylic oxidation sites excluding steroid dienone is 1. The Hall–Kier alpha value is -1.37. The molecule has 1 aliphatic rings. The first-order chi connectivity index (χ1) is 10.5. The van der Waals surface area contributed by atoms with E-state index in [9.17, 15) is 4.39 Å². The highest BCUT2D eigenvalue weighted by Crippen LogP contribution is 2.33. The van der Waals surface area contributed by atoms with Crippen LogP contribution in [0.3, 0.4) is 0 Å². The minimum atomic E-state index is -0.284. The number of methoxy groups -OCH3 is 1. The maximum atomic E-state index is 13.0. The summed E-state index contributed by atoms with van der Waals surface area (Å²) in [5.41, 5.74) is 1.16. The number of ether oxygens (including phenoxy) is 1. The van der Waals surface area contributed by atoms with Gasteiger partial charge in [0.25, 0.3) is 0 Å². The number of aliphatic imine (C=N–C) groups is 1. The van der Waals surface area contributed by atoms with E-state index in [-0.39, 0.29) is 11.7 Å². The summed E-state index contributed by atoms with van der Waals surface area (Å²) >= 11 is 2.34. The van der Waals surface area contributed by atoms with Crippen LogP contribution in [0.2, 0.25) is 0 Å². The fourth-order valence-electron chi connectivity index (χ4n) is 2.38. The van der Waals surface area contributed by atoms with Gasteiger partial charge < -0.3 is 9.64 Å². The third-order valence-corrected chi connectivity index (χ3v) is 4.54. The Kier molecular flexibility index (Phi) is 5.99. The van der Waals surface area contributed by atoms with Gasteiger partial charge in [0.15, 0.2) is 0 Å². The van der Waals surface area contributed by atoms with Gasteiger partial charge in [0.05, 0.1) is 13.3 Å². The Morgan fingerprint density at radius 3 is 2.64 bits per heavy atom. The van der Waals surface area contributed by atoms with Crippen molar-refractivity contribution in [1.29, 1.82) is 0 Å². The second-order valence-corrected chi connectivity index (χ2v) is 6.40. The molecular formula is C17H20FIN2O. The molecule has 1 atom stereocenters. The molecule has 22 heavy (non-hydrogen) atoms. The Morgan fingerprint density at radius 2 is 2.09 bits per heavy atom. The third kappa shape index (κ3) is 4.09. The van der Waals surface area contributed by atoms with Gasteiger partial charge in [-0.15, -0.1) is 0 Å². The highest BCUT2D eigenvalue weighted by atomic mass is 127. The van der Waals surface area contributed by atoms with E-state index in [0.717, 1.165) is 23.6 Å². The van der Waals surface area contributed by atoms with Gasteiger partial charge in [-0.3, -0.25) is 0 Å². The first kappa shape index (κ1) is 17.0. The lowest BCUT2D eigenvalue weighted by molar-refractivity contribution is 0.414. The standard InChI is InChI=1S/C17H20FIN2O/c1-4-15-16(19)11-21(17(15)20-9-12(2)18)10-13-5-7-14(22-3)8-6-13/h5-9,11,15H,4,10H2,1-3H3/b12-9+,20-17?. The number of amidine groups is 1. The molecule has 0 saturated heterocycles. The van der Waals surface area contributed by atoms with E-state index in [1.165, 1.54) is 16.7 Å². The van der Waals surface area contributed by atoms with Crippen molar-refractivity contribution >= 4 is 28.4 Å². The smallest absolute Gasteiger partial charge is 0.118 e. The normalized spacial score (nSPS) is 20.5. The zero-order chi connectivity index (χ0) is 16.1. The summed E-state index contributed by atoms with van der Waals surface area (Å²) in [4.78, 5) is 6.46. The summed E-state index contributed by atoms with van der Waals surface area (Å²) < 4.78 is 19.4. The lowest BCUT2D eigenvalue weighted by Crippen LogP contribution is -2.25. The molecule has 2 rings (SSSR count). The maximum absolute atomic E-state index is 13.0. The first-order valence-corrected chi connectivity index (χ1v) is 8.29.